The van der Waals surface area contributed by atoms with Gasteiger partial charge in [0.1, 0.15) is 5.78 Å². The van der Waals surface area contributed by atoms with Crippen molar-refractivity contribution in [2.45, 2.75) is 0 Å². The maximum atomic E-state index is 11.5. The largest absolute Gasteiger partial charge is 0.299 e. The standard InChI is InChI=1S/C9H8O/c10-9-7-3-1-2-5(7)6(2)8(9)4(1)3/h1-8H/t1?,2?,3-,4-,5-,6+,7?,8?/m0/s1. The molecule has 6 fully saturated rings. The molecule has 6 saturated carbocycles. The van der Waals surface area contributed by atoms with Crippen molar-refractivity contribution in [3.8, 4) is 0 Å². The van der Waals surface area contributed by atoms with Gasteiger partial charge in [-0.3, -0.25) is 4.79 Å². The molecule has 50 valence electrons. The van der Waals surface area contributed by atoms with Crippen LogP contribution in [-0.4, -0.2) is 5.78 Å². The number of rotatable bonds is 0. The van der Waals surface area contributed by atoms with E-state index in [1.807, 2.05) is 0 Å². The Balaban J connectivity index is 2.00. The Morgan fingerprint density at radius 2 is 1.10 bits per heavy atom. The van der Waals surface area contributed by atoms with Gasteiger partial charge < -0.3 is 0 Å². The molecule has 0 aromatic heterocycles. The molecule has 6 aliphatic carbocycles. The van der Waals surface area contributed by atoms with Crippen LogP contribution in [0, 0.1) is 47.3 Å². The minimum Gasteiger partial charge on any atom is -0.299 e. The summed E-state index contributed by atoms with van der Waals surface area (Å²) < 4.78 is 0. The molecule has 10 heavy (non-hydrogen) atoms. The number of carbonyl (C=O) groups excluding carboxylic acids is 1. The molecule has 6 rings (SSSR count). The summed E-state index contributed by atoms with van der Waals surface area (Å²) in [5, 5.41) is 0. The lowest BCUT2D eigenvalue weighted by atomic mass is 10.0. The summed E-state index contributed by atoms with van der Waals surface area (Å²) in [6.07, 6.45) is 0. The van der Waals surface area contributed by atoms with Gasteiger partial charge in [-0.1, -0.05) is 0 Å². The van der Waals surface area contributed by atoms with Gasteiger partial charge in [-0.2, -0.15) is 0 Å². The van der Waals surface area contributed by atoms with Gasteiger partial charge in [0.15, 0.2) is 0 Å². The second-order valence-corrected chi connectivity index (χ2v) is 4.92. The first kappa shape index (κ1) is 3.89. The Hall–Kier alpha value is -0.330. The van der Waals surface area contributed by atoms with Gasteiger partial charge in [0, 0.05) is 11.8 Å². The van der Waals surface area contributed by atoms with Gasteiger partial charge in [-0.05, 0) is 35.5 Å². The fourth-order valence-corrected chi connectivity index (χ4v) is 5.21. The van der Waals surface area contributed by atoms with Crippen LogP contribution in [0.1, 0.15) is 0 Å². The summed E-state index contributed by atoms with van der Waals surface area (Å²) in [5.41, 5.74) is 0. The van der Waals surface area contributed by atoms with E-state index < -0.39 is 0 Å². The molecule has 0 aliphatic heterocycles. The van der Waals surface area contributed by atoms with Crippen molar-refractivity contribution in [2.75, 3.05) is 0 Å². The third kappa shape index (κ3) is 0.150. The molecule has 4 unspecified atom stereocenters. The first-order chi connectivity index (χ1) is 4.91. The fraction of sp³-hybridized carbons (Fsp3) is 0.889. The third-order valence-corrected chi connectivity index (χ3v) is 5.15. The van der Waals surface area contributed by atoms with E-state index in [9.17, 15) is 4.79 Å². The normalized spacial score (nSPS) is 90.2. The number of Topliss-reactive ketones (excluding diaryl/α,β-unsaturated/α-hetero) is 1. The van der Waals surface area contributed by atoms with Crippen molar-refractivity contribution in [2.24, 2.45) is 47.3 Å². The molecule has 0 amide bonds. The van der Waals surface area contributed by atoms with E-state index in [-0.39, 0.29) is 0 Å². The zero-order valence-corrected chi connectivity index (χ0v) is 5.53. The van der Waals surface area contributed by atoms with Crippen LogP contribution < -0.4 is 0 Å². The van der Waals surface area contributed by atoms with Crippen LogP contribution in [0.3, 0.4) is 0 Å². The topological polar surface area (TPSA) is 17.1 Å². The molecule has 8 atom stereocenters. The minimum absolute atomic E-state index is 0.620. The van der Waals surface area contributed by atoms with E-state index in [2.05, 4.69) is 0 Å². The van der Waals surface area contributed by atoms with Crippen LogP contribution in [0.5, 0.6) is 0 Å². The Morgan fingerprint density at radius 3 is 1.40 bits per heavy atom. The van der Waals surface area contributed by atoms with Crippen molar-refractivity contribution in [3.05, 3.63) is 0 Å². The van der Waals surface area contributed by atoms with E-state index in [1.165, 1.54) is 0 Å². The summed E-state index contributed by atoms with van der Waals surface area (Å²) in [6, 6.07) is 0. The smallest absolute Gasteiger partial charge is 0.140 e. The Kier molecular flexibility index (Phi) is 0.279. The molecule has 0 spiro atoms. The van der Waals surface area contributed by atoms with Gasteiger partial charge >= 0.3 is 0 Å². The first-order valence-electron chi connectivity index (χ1n) is 4.45. The molecule has 0 aromatic rings. The molecular formula is C9H8O. The Labute approximate surface area is 58.8 Å². The van der Waals surface area contributed by atoms with Crippen LogP contribution in [0.15, 0.2) is 0 Å². The highest BCUT2D eigenvalue weighted by atomic mass is 16.1. The molecular weight excluding hydrogens is 124 g/mol. The monoisotopic (exact) mass is 132 g/mol. The van der Waals surface area contributed by atoms with Crippen molar-refractivity contribution >= 4 is 5.78 Å². The molecule has 1 nitrogen and oxygen atoms in total. The van der Waals surface area contributed by atoms with Crippen LogP contribution in [0.4, 0.5) is 0 Å². The van der Waals surface area contributed by atoms with Crippen LogP contribution in [0.2, 0.25) is 0 Å². The predicted molar refractivity (Wildman–Crippen MR) is 32.9 cm³/mol. The summed E-state index contributed by atoms with van der Waals surface area (Å²) in [4.78, 5) is 11.5. The predicted octanol–water partition coefficient (Wildman–Crippen LogP) is 0.553. The fourth-order valence-electron chi connectivity index (χ4n) is 5.21. The molecule has 1 heteroatoms. The lowest BCUT2D eigenvalue weighted by Gasteiger charge is -2.01. The SMILES string of the molecule is O=C1C2[C@@H]3C4C5[C@H]2[C@H]5C1[C@@H]43. The summed E-state index contributed by atoms with van der Waals surface area (Å²) in [6.45, 7) is 0. The van der Waals surface area contributed by atoms with E-state index in [1.54, 1.807) is 0 Å². The molecule has 0 aromatic carbocycles. The van der Waals surface area contributed by atoms with Gasteiger partial charge in [0.25, 0.3) is 0 Å². The maximum absolute atomic E-state index is 11.5. The zero-order valence-electron chi connectivity index (χ0n) is 5.53. The first-order valence-corrected chi connectivity index (χ1v) is 4.45. The summed E-state index contributed by atoms with van der Waals surface area (Å²) in [5.74, 6) is 7.87. The van der Waals surface area contributed by atoms with Crippen molar-refractivity contribution < 1.29 is 4.79 Å². The Morgan fingerprint density at radius 1 is 0.700 bits per heavy atom. The molecule has 6 aliphatic rings. The van der Waals surface area contributed by atoms with E-state index >= 15 is 0 Å². The van der Waals surface area contributed by atoms with Crippen molar-refractivity contribution in [1.82, 2.24) is 0 Å². The van der Waals surface area contributed by atoms with Crippen LogP contribution >= 0.6 is 0 Å². The second-order valence-electron chi connectivity index (χ2n) is 4.92. The van der Waals surface area contributed by atoms with Gasteiger partial charge in [-0.25, -0.2) is 0 Å². The van der Waals surface area contributed by atoms with E-state index in [0.29, 0.717) is 17.6 Å². The van der Waals surface area contributed by atoms with Gasteiger partial charge in [-0.15, -0.1) is 0 Å². The molecule has 0 N–H and O–H groups in total. The van der Waals surface area contributed by atoms with E-state index in [0.717, 1.165) is 35.5 Å². The van der Waals surface area contributed by atoms with Crippen molar-refractivity contribution in [1.29, 1.82) is 0 Å². The van der Waals surface area contributed by atoms with E-state index in [4.69, 9.17) is 0 Å². The van der Waals surface area contributed by atoms with Crippen molar-refractivity contribution in [3.63, 3.8) is 0 Å². The summed E-state index contributed by atoms with van der Waals surface area (Å²) >= 11 is 0. The van der Waals surface area contributed by atoms with Gasteiger partial charge in [0.2, 0.25) is 0 Å². The number of carbonyl (C=O) groups is 1. The third-order valence-electron chi connectivity index (χ3n) is 5.15. The summed E-state index contributed by atoms with van der Waals surface area (Å²) in [7, 11) is 0. The van der Waals surface area contributed by atoms with Crippen LogP contribution in [-0.2, 0) is 4.79 Å². The van der Waals surface area contributed by atoms with Gasteiger partial charge in [0.05, 0.1) is 0 Å². The average Bonchev–Trinajstić information content (AvgIpc) is 2.70. The molecule has 0 saturated heterocycles. The number of ketones is 1. The lowest BCUT2D eigenvalue weighted by Crippen LogP contribution is -2.10. The lowest BCUT2D eigenvalue weighted by molar-refractivity contribution is -0.123. The second kappa shape index (κ2) is 0.717. The molecule has 0 radical (unpaired) electrons. The quantitative estimate of drug-likeness (QED) is 0.470. The maximum Gasteiger partial charge on any atom is 0.140 e. The highest BCUT2D eigenvalue weighted by molar-refractivity contribution is 5.95. The number of hydrogen-bond donors (Lipinski definition) is 0. The molecule has 0 heterocycles. The highest BCUT2D eigenvalue weighted by Crippen LogP contribution is 2.93. The molecule has 2 bridgehead atoms. The number of hydrogen-bond acceptors (Lipinski definition) is 1. The zero-order chi connectivity index (χ0) is 6.20. The average molecular weight is 132 g/mol. The highest BCUT2D eigenvalue weighted by Gasteiger charge is 2.93. The van der Waals surface area contributed by atoms with Crippen LogP contribution in [0.25, 0.3) is 0 Å². The minimum atomic E-state index is 0.620. The Bertz CT molecular complexity index is 247.